The number of aromatic nitrogens is 2. The maximum atomic E-state index is 14.9. The average molecular weight is 538 g/mol. The molecule has 0 bridgehead atoms. The molecule has 35 heavy (non-hydrogen) atoms. The minimum Gasteiger partial charge on any atom is -0.394 e. The van der Waals surface area contributed by atoms with Crippen LogP contribution in [0.3, 0.4) is 0 Å². The van der Waals surface area contributed by atoms with Gasteiger partial charge in [-0.25, -0.2) is 13.8 Å². The summed E-state index contributed by atoms with van der Waals surface area (Å²) in [4.78, 5) is 25.6. The lowest BCUT2D eigenvalue weighted by Gasteiger charge is -2.30. The molecule has 1 aliphatic rings. The normalized spacial score (nSPS) is 26.9. The second kappa shape index (κ2) is 11.9. The number of hydrogen-bond donors (Lipinski definition) is 4. The standard InChI is InChI=1S/C20H26ClFN3O9P/c21-11-20(17(27)16(22)18(34-20)25-7-6-15(23)24-19(25)28)12-33-35(29,30)32-10-14(8-26)31-9-13-4-2-1-3-5-13/h1-7,14,16-18,26-27H,8-12H2,(H,29,30)(H2,23,24,28)/t14-,16+,17-,18+,20+/m0/s1. The van der Waals surface area contributed by atoms with Crippen LogP contribution in [0.1, 0.15) is 11.8 Å². The molecule has 1 aromatic carbocycles. The molecule has 1 fully saturated rings. The highest BCUT2D eigenvalue weighted by Crippen LogP contribution is 2.47. The number of aliphatic hydroxyl groups excluding tert-OH is 2. The van der Waals surface area contributed by atoms with Crippen LogP contribution in [0.5, 0.6) is 0 Å². The number of ether oxygens (including phenoxy) is 2. The zero-order chi connectivity index (χ0) is 25.6. The van der Waals surface area contributed by atoms with Gasteiger partial charge in [0.1, 0.15) is 23.6 Å². The molecule has 2 aromatic rings. The van der Waals surface area contributed by atoms with Crippen LogP contribution in [-0.2, 0) is 29.7 Å². The second-order valence-electron chi connectivity index (χ2n) is 7.78. The topological polar surface area (TPSA) is 176 Å². The minimum atomic E-state index is -4.78. The van der Waals surface area contributed by atoms with Crippen LogP contribution in [0.2, 0.25) is 0 Å². The smallest absolute Gasteiger partial charge is 0.394 e. The summed E-state index contributed by atoms with van der Waals surface area (Å²) < 4.78 is 48.8. The SMILES string of the molecule is Nc1ccn([C@@H]2O[C@](CCl)(COP(=O)(O)OC[C@H](CO)OCc3ccccc3)[C@@H](O)[C@H]2F)c(=O)n1. The van der Waals surface area contributed by atoms with Gasteiger partial charge in [-0.05, 0) is 11.6 Å². The number of aliphatic hydroxyl groups is 2. The van der Waals surface area contributed by atoms with E-state index in [1.165, 1.54) is 6.07 Å². The van der Waals surface area contributed by atoms with Gasteiger partial charge in [0.25, 0.3) is 0 Å². The van der Waals surface area contributed by atoms with Crippen molar-refractivity contribution in [2.45, 2.75) is 36.8 Å². The molecular formula is C20H26ClFN3O9P. The first-order valence-corrected chi connectivity index (χ1v) is 12.4. The molecule has 3 rings (SSSR count). The van der Waals surface area contributed by atoms with Gasteiger partial charge in [-0.15, -0.1) is 11.6 Å². The summed E-state index contributed by atoms with van der Waals surface area (Å²) in [5.74, 6) is -0.652. The number of nitrogens with zero attached hydrogens (tertiary/aromatic N) is 2. The van der Waals surface area contributed by atoms with Gasteiger partial charge in [0.05, 0.1) is 32.3 Å². The summed E-state index contributed by atoms with van der Waals surface area (Å²) in [7, 11) is -4.78. The number of hydrogen-bond acceptors (Lipinski definition) is 10. The Morgan fingerprint density at radius 3 is 2.66 bits per heavy atom. The van der Waals surface area contributed by atoms with E-state index in [-0.39, 0.29) is 12.4 Å². The van der Waals surface area contributed by atoms with Crippen molar-refractivity contribution in [2.24, 2.45) is 0 Å². The molecule has 6 atom stereocenters. The summed E-state index contributed by atoms with van der Waals surface area (Å²) in [6, 6.07) is 10.3. The van der Waals surface area contributed by atoms with E-state index < -0.39 is 69.4 Å². The van der Waals surface area contributed by atoms with Crippen LogP contribution in [0, 0.1) is 0 Å². The number of anilines is 1. The summed E-state index contributed by atoms with van der Waals surface area (Å²) >= 11 is 5.90. The van der Waals surface area contributed by atoms with E-state index in [0.29, 0.717) is 0 Å². The summed E-state index contributed by atoms with van der Waals surface area (Å²) in [5.41, 5.74) is 3.32. The van der Waals surface area contributed by atoms with E-state index in [4.69, 9.17) is 35.9 Å². The van der Waals surface area contributed by atoms with Crippen molar-refractivity contribution in [1.29, 1.82) is 0 Å². The monoisotopic (exact) mass is 537 g/mol. The molecule has 1 aromatic heterocycles. The molecule has 194 valence electrons. The van der Waals surface area contributed by atoms with E-state index in [1.807, 2.05) is 6.07 Å². The predicted molar refractivity (Wildman–Crippen MR) is 121 cm³/mol. The summed E-state index contributed by atoms with van der Waals surface area (Å²) in [6.07, 6.45) is -5.53. The van der Waals surface area contributed by atoms with Gasteiger partial charge < -0.3 is 30.3 Å². The van der Waals surface area contributed by atoms with E-state index in [0.717, 1.165) is 16.3 Å². The van der Waals surface area contributed by atoms with Gasteiger partial charge in [0.2, 0.25) is 0 Å². The summed E-state index contributed by atoms with van der Waals surface area (Å²) in [6.45, 7) is -1.74. The van der Waals surface area contributed by atoms with E-state index in [1.54, 1.807) is 24.3 Å². The van der Waals surface area contributed by atoms with Crippen LogP contribution in [0.4, 0.5) is 10.2 Å². The Hall–Kier alpha value is -1.93. The maximum Gasteiger partial charge on any atom is 0.472 e. The first-order chi connectivity index (χ1) is 16.6. The van der Waals surface area contributed by atoms with Gasteiger partial charge in [-0.2, -0.15) is 4.98 Å². The largest absolute Gasteiger partial charge is 0.472 e. The zero-order valence-corrected chi connectivity index (χ0v) is 20.0. The van der Waals surface area contributed by atoms with E-state index >= 15 is 0 Å². The first-order valence-electron chi connectivity index (χ1n) is 10.4. The van der Waals surface area contributed by atoms with Gasteiger partial charge in [-0.3, -0.25) is 13.6 Å². The number of phosphoric ester groups is 1. The molecule has 0 saturated carbocycles. The van der Waals surface area contributed by atoms with E-state index in [9.17, 15) is 28.9 Å². The third kappa shape index (κ3) is 6.85. The Bertz CT molecular complexity index is 1080. The van der Waals surface area contributed by atoms with Crippen molar-refractivity contribution in [1.82, 2.24) is 9.55 Å². The Kier molecular flexibility index (Phi) is 9.38. The highest BCUT2D eigenvalue weighted by Gasteiger charge is 2.57. The fourth-order valence-electron chi connectivity index (χ4n) is 3.27. The van der Waals surface area contributed by atoms with Gasteiger partial charge in [-0.1, -0.05) is 30.3 Å². The number of benzene rings is 1. The first kappa shape index (κ1) is 27.7. The number of rotatable bonds is 12. The molecule has 2 heterocycles. The van der Waals surface area contributed by atoms with Gasteiger partial charge in [0.15, 0.2) is 12.4 Å². The Balaban J connectivity index is 1.60. The molecule has 15 heteroatoms. The molecule has 0 spiro atoms. The quantitative estimate of drug-likeness (QED) is 0.222. The third-order valence-electron chi connectivity index (χ3n) is 5.25. The lowest BCUT2D eigenvalue weighted by Crippen LogP contribution is -2.47. The van der Waals surface area contributed by atoms with Crippen molar-refractivity contribution in [3.63, 3.8) is 0 Å². The van der Waals surface area contributed by atoms with Crippen molar-refractivity contribution in [2.75, 3.05) is 31.4 Å². The summed E-state index contributed by atoms with van der Waals surface area (Å²) in [5, 5.41) is 19.9. The Labute approximate surface area is 204 Å². The minimum absolute atomic E-state index is 0.0977. The lowest BCUT2D eigenvalue weighted by molar-refractivity contribution is -0.114. The molecular weight excluding hydrogens is 512 g/mol. The van der Waals surface area contributed by atoms with Crippen LogP contribution in [0.15, 0.2) is 47.4 Å². The fraction of sp³-hybridized carbons (Fsp3) is 0.500. The Morgan fingerprint density at radius 1 is 1.31 bits per heavy atom. The molecule has 1 unspecified atom stereocenters. The van der Waals surface area contributed by atoms with Gasteiger partial charge >= 0.3 is 13.5 Å². The fourth-order valence-corrected chi connectivity index (χ4v) is 4.38. The number of alkyl halides is 2. The second-order valence-corrected chi connectivity index (χ2v) is 9.50. The highest BCUT2D eigenvalue weighted by molar-refractivity contribution is 7.47. The van der Waals surface area contributed by atoms with Crippen molar-refractivity contribution in [3.8, 4) is 0 Å². The zero-order valence-electron chi connectivity index (χ0n) is 18.4. The van der Waals surface area contributed by atoms with Crippen LogP contribution >= 0.6 is 19.4 Å². The third-order valence-corrected chi connectivity index (χ3v) is 6.63. The van der Waals surface area contributed by atoms with Crippen LogP contribution in [0.25, 0.3) is 0 Å². The number of nitrogens with two attached hydrogens (primary N) is 1. The van der Waals surface area contributed by atoms with Crippen molar-refractivity contribution < 1.29 is 42.6 Å². The molecule has 1 aliphatic heterocycles. The van der Waals surface area contributed by atoms with Crippen molar-refractivity contribution >= 4 is 25.2 Å². The lowest BCUT2D eigenvalue weighted by atomic mass is 9.99. The number of nitrogen functional groups attached to an aromatic ring is 1. The molecule has 1 saturated heterocycles. The molecule has 12 nitrogen and oxygen atoms in total. The van der Waals surface area contributed by atoms with Crippen LogP contribution in [-0.4, -0.2) is 74.3 Å². The highest BCUT2D eigenvalue weighted by atomic mass is 35.5. The molecule has 0 amide bonds. The Morgan fingerprint density at radius 2 is 2.03 bits per heavy atom. The number of halogens is 2. The van der Waals surface area contributed by atoms with Crippen LogP contribution < -0.4 is 11.4 Å². The molecule has 5 N–H and O–H groups in total. The number of phosphoric acid groups is 1. The predicted octanol–water partition coefficient (Wildman–Crippen LogP) is 0.742. The molecule has 0 radical (unpaired) electrons. The molecule has 0 aliphatic carbocycles. The van der Waals surface area contributed by atoms with Crippen molar-refractivity contribution in [3.05, 3.63) is 58.6 Å². The van der Waals surface area contributed by atoms with E-state index in [2.05, 4.69) is 4.98 Å². The van der Waals surface area contributed by atoms with Gasteiger partial charge in [0, 0.05) is 6.20 Å². The maximum absolute atomic E-state index is 14.9. The average Bonchev–Trinajstić information content (AvgIpc) is 3.09.